The molecule has 0 radical (unpaired) electrons. The van der Waals surface area contributed by atoms with Crippen molar-refractivity contribution in [1.29, 1.82) is 0 Å². The van der Waals surface area contributed by atoms with Gasteiger partial charge in [0, 0.05) is 5.38 Å². The summed E-state index contributed by atoms with van der Waals surface area (Å²) in [6.45, 7) is 3.74. The number of thiazole rings is 1. The predicted molar refractivity (Wildman–Crippen MR) is 75.4 cm³/mol. The van der Waals surface area contributed by atoms with E-state index in [2.05, 4.69) is 0 Å². The predicted octanol–water partition coefficient (Wildman–Crippen LogP) is 2.70. The maximum absolute atomic E-state index is 11.9. The van der Waals surface area contributed by atoms with E-state index in [9.17, 15) is 9.59 Å². The highest BCUT2D eigenvalue weighted by Crippen LogP contribution is 2.23. The van der Waals surface area contributed by atoms with Crippen molar-refractivity contribution >= 4 is 17.3 Å². The lowest BCUT2D eigenvalue weighted by atomic mass is 10.1. The maximum Gasteiger partial charge on any atom is 0.328 e. The van der Waals surface area contributed by atoms with E-state index >= 15 is 0 Å². The quantitative estimate of drug-likeness (QED) is 0.807. The first-order valence-corrected chi connectivity index (χ1v) is 6.95. The van der Waals surface area contributed by atoms with Crippen LogP contribution in [0.3, 0.4) is 0 Å². The Morgan fingerprint density at radius 3 is 2.68 bits per heavy atom. The summed E-state index contributed by atoms with van der Waals surface area (Å²) in [4.78, 5) is 23.6. The van der Waals surface area contributed by atoms with Crippen molar-refractivity contribution in [2.45, 2.75) is 19.9 Å². The molecule has 0 saturated carbocycles. The molecule has 5 heteroatoms. The van der Waals surface area contributed by atoms with Crippen LogP contribution in [0.25, 0.3) is 11.3 Å². The van der Waals surface area contributed by atoms with Crippen LogP contribution in [0.2, 0.25) is 0 Å². The molecule has 1 unspecified atom stereocenters. The lowest BCUT2D eigenvalue weighted by Crippen LogP contribution is -2.26. The molecule has 0 saturated heterocycles. The molecule has 0 aliphatic heterocycles. The molecule has 100 valence electrons. The zero-order chi connectivity index (χ0) is 13.8. The molecule has 1 aromatic heterocycles. The van der Waals surface area contributed by atoms with Crippen LogP contribution in [0.15, 0.2) is 40.5 Å². The Balaban J connectivity index is 2.44. The number of benzene rings is 1. The molecule has 0 bridgehead atoms. The molecule has 19 heavy (non-hydrogen) atoms. The Bertz CT molecular complexity index is 615. The van der Waals surface area contributed by atoms with Gasteiger partial charge in [-0.1, -0.05) is 41.7 Å². The summed E-state index contributed by atoms with van der Waals surface area (Å²) in [5.74, 6) is -0.389. The number of aromatic nitrogens is 1. The van der Waals surface area contributed by atoms with Crippen molar-refractivity contribution in [3.8, 4) is 11.3 Å². The number of carbonyl (C=O) groups excluding carboxylic acids is 1. The van der Waals surface area contributed by atoms with Crippen LogP contribution in [-0.2, 0) is 9.53 Å². The summed E-state index contributed by atoms with van der Waals surface area (Å²) in [6.07, 6.45) is 0. The van der Waals surface area contributed by atoms with Crippen LogP contribution in [0.4, 0.5) is 0 Å². The summed E-state index contributed by atoms with van der Waals surface area (Å²) in [5, 5.41) is 1.77. The highest BCUT2D eigenvalue weighted by Gasteiger charge is 2.21. The fourth-order valence-electron chi connectivity index (χ4n) is 1.87. The highest BCUT2D eigenvalue weighted by molar-refractivity contribution is 7.07. The second-order valence-electron chi connectivity index (χ2n) is 4.05. The maximum atomic E-state index is 11.9. The van der Waals surface area contributed by atoms with Crippen LogP contribution in [0.1, 0.15) is 19.9 Å². The average molecular weight is 277 g/mol. The number of nitrogens with zero attached hydrogens (tertiary/aromatic N) is 1. The number of hydrogen-bond donors (Lipinski definition) is 0. The summed E-state index contributed by atoms with van der Waals surface area (Å²) in [6, 6.07) is 8.92. The van der Waals surface area contributed by atoms with Crippen LogP contribution >= 0.6 is 11.3 Å². The third-order valence-electron chi connectivity index (χ3n) is 2.81. The Morgan fingerprint density at radius 1 is 1.37 bits per heavy atom. The Morgan fingerprint density at radius 2 is 2.05 bits per heavy atom. The van der Waals surface area contributed by atoms with Gasteiger partial charge in [0.2, 0.25) is 0 Å². The van der Waals surface area contributed by atoms with Gasteiger partial charge in [-0.05, 0) is 19.4 Å². The van der Waals surface area contributed by atoms with Gasteiger partial charge >= 0.3 is 10.8 Å². The molecule has 2 aromatic rings. The average Bonchev–Trinajstić information content (AvgIpc) is 2.81. The van der Waals surface area contributed by atoms with E-state index in [-0.39, 0.29) is 10.8 Å². The number of carbonyl (C=O) groups is 1. The van der Waals surface area contributed by atoms with Crippen LogP contribution in [0, 0.1) is 0 Å². The zero-order valence-electron chi connectivity index (χ0n) is 10.8. The topological polar surface area (TPSA) is 48.3 Å². The van der Waals surface area contributed by atoms with Crippen molar-refractivity contribution in [3.05, 3.63) is 45.4 Å². The van der Waals surface area contributed by atoms with Crippen LogP contribution < -0.4 is 4.87 Å². The van der Waals surface area contributed by atoms with Gasteiger partial charge in [-0.25, -0.2) is 4.79 Å². The zero-order valence-corrected chi connectivity index (χ0v) is 11.6. The molecule has 4 nitrogen and oxygen atoms in total. The van der Waals surface area contributed by atoms with Crippen molar-refractivity contribution in [1.82, 2.24) is 4.57 Å². The van der Waals surface area contributed by atoms with E-state index in [4.69, 9.17) is 4.74 Å². The van der Waals surface area contributed by atoms with Crippen molar-refractivity contribution in [2.75, 3.05) is 6.61 Å². The SMILES string of the molecule is CCOC(=O)C(C)n1c(-c2ccccc2)csc1=O. The molecular weight excluding hydrogens is 262 g/mol. The molecule has 1 aromatic carbocycles. The third-order valence-corrected chi connectivity index (χ3v) is 3.55. The van der Waals surface area contributed by atoms with E-state index in [1.165, 1.54) is 4.57 Å². The van der Waals surface area contributed by atoms with Crippen LogP contribution in [-0.4, -0.2) is 17.1 Å². The van der Waals surface area contributed by atoms with Gasteiger partial charge in [0.15, 0.2) is 0 Å². The smallest absolute Gasteiger partial charge is 0.328 e. The van der Waals surface area contributed by atoms with E-state index in [0.29, 0.717) is 6.61 Å². The normalized spacial score (nSPS) is 12.1. The highest BCUT2D eigenvalue weighted by atomic mass is 32.1. The molecule has 0 amide bonds. The molecule has 0 aliphatic rings. The molecule has 0 N–H and O–H groups in total. The first-order chi connectivity index (χ1) is 9.15. The summed E-state index contributed by atoms with van der Waals surface area (Å²) in [7, 11) is 0. The molecule has 0 spiro atoms. The van der Waals surface area contributed by atoms with E-state index in [0.717, 1.165) is 22.6 Å². The number of hydrogen-bond acceptors (Lipinski definition) is 4. The standard InChI is InChI=1S/C14H15NO3S/c1-3-18-13(16)10(2)15-12(9-19-14(15)17)11-7-5-4-6-8-11/h4-10H,3H2,1-2H3. The largest absolute Gasteiger partial charge is 0.464 e. The van der Waals surface area contributed by atoms with E-state index < -0.39 is 6.04 Å². The molecule has 0 fully saturated rings. The second-order valence-corrected chi connectivity index (χ2v) is 4.87. The van der Waals surface area contributed by atoms with E-state index in [1.54, 1.807) is 19.2 Å². The molecule has 0 aliphatic carbocycles. The van der Waals surface area contributed by atoms with E-state index in [1.807, 2.05) is 30.3 Å². The van der Waals surface area contributed by atoms with Gasteiger partial charge < -0.3 is 4.74 Å². The van der Waals surface area contributed by atoms with Gasteiger partial charge in [0.05, 0.1) is 12.3 Å². The van der Waals surface area contributed by atoms with Crippen molar-refractivity contribution in [3.63, 3.8) is 0 Å². The summed E-state index contributed by atoms with van der Waals surface area (Å²) < 4.78 is 6.46. The van der Waals surface area contributed by atoms with Gasteiger partial charge in [-0.2, -0.15) is 0 Å². The minimum atomic E-state index is -0.617. The number of esters is 1. The van der Waals surface area contributed by atoms with Gasteiger partial charge in [0.1, 0.15) is 6.04 Å². The monoisotopic (exact) mass is 277 g/mol. The molecule has 1 atom stereocenters. The lowest BCUT2D eigenvalue weighted by Gasteiger charge is -2.14. The first kappa shape index (κ1) is 13.5. The second kappa shape index (κ2) is 5.84. The number of rotatable bonds is 4. The van der Waals surface area contributed by atoms with Gasteiger partial charge in [-0.3, -0.25) is 9.36 Å². The van der Waals surface area contributed by atoms with Crippen molar-refractivity contribution < 1.29 is 9.53 Å². The summed E-state index contributed by atoms with van der Waals surface area (Å²) >= 11 is 1.09. The fourth-order valence-corrected chi connectivity index (χ4v) is 2.70. The lowest BCUT2D eigenvalue weighted by molar-refractivity contribution is -0.146. The Labute approximate surface area is 115 Å². The van der Waals surface area contributed by atoms with Crippen LogP contribution in [0.5, 0.6) is 0 Å². The minimum absolute atomic E-state index is 0.153. The van der Waals surface area contributed by atoms with Gasteiger partial charge in [0.25, 0.3) is 0 Å². The summed E-state index contributed by atoms with van der Waals surface area (Å²) in [5.41, 5.74) is 1.66. The van der Waals surface area contributed by atoms with Gasteiger partial charge in [-0.15, -0.1) is 0 Å². The number of ether oxygens (including phenoxy) is 1. The Hall–Kier alpha value is -1.88. The third kappa shape index (κ3) is 2.76. The first-order valence-electron chi connectivity index (χ1n) is 6.07. The molecular formula is C14H15NO3S. The van der Waals surface area contributed by atoms with Crippen molar-refractivity contribution in [2.24, 2.45) is 0 Å². The minimum Gasteiger partial charge on any atom is -0.464 e. The Kier molecular flexibility index (Phi) is 4.16. The molecule has 1 heterocycles. The molecule has 2 rings (SSSR count). The fraction of sp³-hybridized carbons (Fsp3) is 0.286.